The predicted molar refractivity (Wildman–Crippen MR) is 97.9 cm³/mol. The van der Waals surface area contributed by atoms with Gasteiger partial charge in [0.15, 0.2) is 0 Å². The summed E-state index contributed by atoms with van der Waals surface area (Å²) < 4.78 is 14.2. The molecule has 1 aromatic rings. The van der Waals surface area contributed by atoms with Gasteiger partial charge in [-0.2, -0.15) is 4.98 Å². The fourth-order valence-electron chi connectivity index (χ4n) is 4.10. The molecule has 0 aromatic carbocycles. The topological polar surface area (TPSA) is 55.7 Å². The molecule has 6 nitrogen and oxygen atoms in total. The SMILES string of the molecule is CN(C)c1nccc(N2C[C@@H](F)C[C@H]2CN(C)C2CCCCC2O)n1. The highest BCUT2D eigenvalue weighted by Crippen LogP contribution is 2.29. The van der Waals surface area contributed by atoms with Crippen molar-refractivity contribution >= 4 is 11.8 Å². The zero-order valence-electron chi connectivity index (χ0n) is 15.5. The van der Waals surface area contributed by atoms with Crippen LogP contribution in [-0.4, -0.2) is 78.6 Å². The van der Waals surface area contributed by atoms with E-state index in [-0.39, 0.29) is 18.2 Å². The van der Waals surface area contributed by atoms with Crippen LogP contribution in [0.25, 0.3) is 0 Å². The molecule has 1 aliphatic carbocycles. The van der Waals surface area contributed by atoms with Crippen LogP contribution in [0.2, 0.25) is 0 Å². The van der Waals surface area contributed by atoms with Gasteiger partial charge >= 0.3 is 0 Å². The molecular formula is C18H30FN5O. The summed E-state index contributed by atoms with van der Waals surface area (Å²) >= 11 is 0. The number of likely N-dealkylation sites (N-methyl/N-ethyl adjacent to an activating group) is 1. The number of alkyl halides is 1. The van der Waals surface area contributed by atoms with E-state index in [0.29, 0.717) is 18.9 Å². The van der Waals surface area contributed by atoms with Gasteiger partial charge in [0.2, 0.25) is 5.95 Å². The first-order chi connectivity index (χ1) is 12.0. The Labute approximate surface area is 149 Å². The molecule has 2 aliphatic rings. The molecule has 3 rings (SSSR count). The van der Waals surface area contributed by atoms with E-state index in [0.717, 1.165) is 38.0 Å². The fraction of sp³-hybridized carbons (Fsp3) is 0.778. The number of aliphatic hydroxyl groups excluding tert-OH is 1. The highest BCUT2D eigenvalue weighted by Gasteiger charge is 2.36. The zero-order valence-corrected chi connectivity index (χ0v) is 15.5. The molecule has 2 heterocycles. The van der Waals surface area contributed by atoms with Crippen molar-refractivity contribution in [2.24, 2.45) is 0 Å². The minimum absolute atomic E-state index is 0.0686. The molecule has 1 N–H and O–H groups in total. The summed E-state index contributed by atoms with van der Waals surface area (Å²) in [5, 5.41) is 10.3. The maximum Gasteiger partial charge on any atom is 0.226 e. The molecule has 1 saturated heterocycles. The Morgan fingerprint density at radius 3 is 2.76 bits per heavy atom. The van der Waals surface area contributed by atoms with Crippen molar-refractivity contribution in [3.63, 3.8) is 0 Å². The van der Waals surface area contributed by atoms with Gasteiger partial charge in [-0.1, -0.05) is 12.8 Å². The van der Waals surface area contributed by atoms with Crippen LogP contribution in [0, 0.1) is 0 Å². The molecule has 0 radical (unpaired) electrons. The molecule has 0 spiro atoms. The van der Waals surface area contributed by atoms with Gasteiger partial charge in [0.05, 0.1) is 12.6 Å². The Hall–Kier alpha value is -1.47. The first-order valence-corrected chi connectivity index (χ1v) is 9.25. The van der Waals surface area contributed by atoms with E-state index in [2.05, 4.69) is 19.8 Å². The van der Waals surface area contributed by atoms with E-state index in [9.17, 15) is 9.50 Å². The van der Waals surface area contributed by atoms with Gasteiger partial charge in [0, 0.05) is 45.3 Å². The Morgan fingerprint density at radius 1 is 1.28 bits per heavy atom. The summed E-state index contributed by atoms with van der Waals surface area (Å²) in [5.41, 5.74) is 0. The lowest BCUT2D eigenvalue weighted by Gasteiger charge is -2.38. The second kappa shape index (κ2) is 7.83. The summed E-state index contributed by atoms with van der Waals surface area (Å²) in [6, 6.07) is 2.10. The lowest BCUT2D eigenvalue weighted by atomic mass is 9.91. The summed E-state index contributed by atoms with van der Waals surface area (Å²) in [6.45, 7) is 1.11. The van der Waals surface area contributed by atoms with Crippen LogP contribution in [0.15, 0.2) is 12.3 Å². The van der Waals surface area contributed by atoms with E-state index in [1.165, 1.54) is 0 Å². The molecule has 1 aliphatic heterocycles. The van der Waals surface area contributed by atoms with Crippen LogP contribution < -0.4 is 9.80 Å². The molecule has 4 atom stereocenters. The van der Waals surface area contributed by atoms with Crippen molar-refractivity contribution in [1.29, 1.82) is 0 Å². The normalized spacial score (nSPS) is 30.1. The number of hydrogen-bond donors (Lipinski definition) is 1. The maximum absolute atomic E-state index is 14.2. The largest absolute Gasteiger partial charge is 0.391 e. The average molecular weight is 351 g/mol. The van der Waals surface area contributed by atoms with Crippen molar-refractivity contribution < 1.29 is 9.50 Å². The lowest BCUT2D eigenvalue weighted by molar-refractivity contribution is 0.0298. The van der Waals surface area contributed by atoms with E-state index in [1.807, 2.05) is 32.1 Å². The van der Waals surface area contributed by atoms with E-state index >= 15 is 0 Å². The summed E-state index contributed by atoms with van der Waals surface area (Å²) in [6.07, 6.45) is 5.27. The van der Waals surface area contributed by atoms with Gasteiger partial charge in [0.25, 0.3) is 0 Å². The number of nitrogens with zero attached hydrogens (tertiary/aromatic N) is 5. The lowest BCUT2D eigenvalue weighted by Crippen LogP contribution is -2.48. The Balaban J connectivity index is 1.72. The van der Waals surface area contributed by atoms with Gasteiger partial charge in [0.1, 0.15) is 12.0 Å². The molecule has 140 valence electrons. The van der Waals surface area contributed by atoms with Crippen LogP contribution in [0.5, 0.6) is 0 Å². The molecule has 1 aromatic heterocycles. The van der Waals surface area contributed by atoms with Crippen LogP contribution >= 0.6 is 0 Å². The maximum atomic E-state index is 14.2. The molecule has 25 heavy (non-hydrogen) atoms. The third-order valence-corrected chi connectivity index (χ3v) is 5.44. The summed E-state index contributed by atoms with van der Waals surface area (Å²) in [5.74, 6) is 1.41. The highest BCUT2D eigenvalue weighted by molar-refractivity contribution is 5.45. The first kappa shape index (κ1) is 18.3. The van der Waals surface area contributed by atoms with Crippen LogP contribution in [0.1, 0.15) is 32.1 Å². The summed E-state index contributed by atoms with van der Waals surface area (Å²) in [4.78, 5) is 15.0. The molecule has 0 amide bonds. The third kappa shape index (κ3) is 4.20. The second-order valence-electron chi connectivity index (χ2n) is 7.61. The number of aliphatic hydroxyl groups is 1. The van der Waals surface area contributed by atoms with Gasteiger partial charge in [-0.25, -0.2) is 9.37 Å². The molecular weight excluding hydrogens is 321 g/mol. The Bertz CT molecular complexity index is 572. The Kier molecular flexibility index (Phi) is 5.74. The third-order valence-electron chi connectivity index (χ3n) is 5.44. The van der Waals surface area contributed by atoms with Crippen molar-refractivity contribution in [3.8, 4) is 0 Å². The van der Waals surface area contributed by atoms with E-state index < -0.39 is 6.17 Å². The molecule has 2 unspecified atom stereocenters. The van der Waals surface area contributed by atoms with E-state index in [1.54, 1.807) is 6.20 Å². The van der Waals surface area contributed by atoms with Crippen LogP contribution in [0.4, 0.5) is 16.2 Å². The number of rotatable bonds is 5. The fourth-order valence-corrected chi connectivity index (χ4v) is 4.10. The van der Waals surface area contributed by atoms with Gasteiger partial charge < -0.3 is 14.9 Å². The summed E-state index contributed by atoms with van der Waals surface area (Å²) in [7, 11) is 5.85. The van der Waals surface area contributed by atoms with Gasteiger partial charge in [-0.3, -0.25) is 4.90 Å². The standard InChI is InChI=1S/C18H30FN5O/c1-22(2)18-20-9-8-17(21-18)24-11-13(19)10-14(24)12-23(3)15-6-4-5-7-16(15)25/h8-9,13-16,25H,4-7,10-12H2,1-3H3/t13-,14-,15?,16?/m0/s1. The number of hydrogen-bond acceptors (Lipinski definition) is 6. The van der Waals surface area contributed by atoms with Gasteiger partial charge in [-0.15, -0.1) is 0 Å². The molecule has 0 bridgehead atoms. The Morgan fingerprint density at radius 2 is 2.04 bits per heavy atom. The van der Waals surface area contributed by atoms with E-state index in [4.69, 9.17) is 0 Å². The predicted octanol–water partition coefficient (Wildman–Crippen LogP) is 1.69. The van der Waals surface area contributed by atoms with Crippen molar-refractivity contribution in [3.05, 3.63) is 12.3 Å². The van der Waals surface area contributed by atoms with Crippen LogP contribution in [0.3, 0.4) is 0 Å². The van der Waals surface area contributed by atoms with Gasteiger partial charge in [-0.05, 0) is 26.0 Å². The number of halogens is 1. The average Bonchev–Trinajstić information content (AvgIpc) is 2.95. The minimum atomic E-state index is -0.840. The van der Waals surface area contributed by atoms with Crippen LogP contribution in [-0.2, 0) is 0 Å². The first-order valence-electron chi connectivity index (χ1n) is 9.25. The number of anilines is 2. The molecule has 2 fully saturated rings. The highest BCUT2D eigenvalue weighted by atomic mass is 19.1. The smallest absolute Gasteiger partial charge is 0.226 e. The number of aromatic nitrogens is 2. The van der Waals surface area contributed by atoms with Crippen molar-refractivity contribution in [1.82, 2.24) is 14.9 Å². The zero-order chi connectivity index (χ0) is 18.0. The second-order valence-corrected chi connectivity index (χ2v) is 7.61. The molecule has 7 heteroatoms. The van der Waals surface area contributed by atoms with Crippen molar-refractivity contribution in [2.45, 2.75) is 56.5 Å². The minimum Gasteiger partial charge on any atom is -0.391 e. The molecule has 1 saturated carbocycles. The quantitative estimate of drug-likeness (QED) is 0.871. The van der Waals surface area contributed by atoms with Crippen molar-refractivity contribution in [2.75, 3.05) is 44.0 Å². The monoisotopic (exact) mass is 351 g/mol.